The number of aliphatic hydroxyl groups is 1. The Kier molecular flexibility index (Phi) is 3.44. The fourth-order valence-corrected chi connectivity index (χ4v) is 1.85. The molecule has 1 saturated carbocycles. The maximum atomic E-state index is 11.9. The van der Waals surface area contributed by atoms with E-state index in [-0.39, 0.29) is 12.1 Å². The fourth-order valence-electron chi connectivity index (χ4n) is 1.85. The first kappa shape index (κ1) is 12.5. The van der Waals surface area contributed by atoms with E-state index >= 15 is 0 Å². The second kappa shape index (κ2) is 4.12. The molecule has 0 bridgehead atoms. The SMILES string of the molecule is CC(C)(C)OC(=O)C1(C)CCC(O)CC1. The van der Waals surface area contributed by atoms with Crippen LogP contribution in [0, 0.1) is 5.41 Å². The van der Waals surface area contributed by atoms with E-state index in [0.29, 0.717) is 12.8 Å². The Morgan fingerprint density at radius 2 is 1.80 bits per heavy atom. The van der Waals surface area contributed by atoms with Crippen LogP contribution in [0.15, 0.2) is 0 Å². The van der Waals surface area contributed by atoms with Gasteiger partial charge in [-0.2, -0.15) is 0 Å². The van der Waals surface area contributed by atoms with Crippen LogP contribution < -0.4 is 0 Å². The monoisotopic (exact) mass is 214 g/mol. The van der Waals surface area contributed by atoms with Gasteiger partial charge in [0, 0.05) is 0 Å². The number of carbonyl (C=O) groups is 1. The zero-order valence-corrected chi connectivity index (χ0v) is 10.2. The van der Waals surface area contributed by atoms with Crippen molar-refractivity contribution in [2.24, 2.45) is 5.41 Å². The third-order valence-electron chi connectivity index (χ3n) is 2.95. The van der Waals surface area contributed by atoms with Crippen LogP contribution in [0.3, 0.4) is 0 Å². The van der Waals surface area contributed by atoms with Gasteiger partial charge in [-0.3, -0.25) is 4.79 Å². The van der Waals surface area contributed by atoms with E-state index < -0.39 is 11.0 Å². The zero-order chi connectivity index (χ0) is 11.7. The zero-order valence-electron chi connectivity index (χ0n) is 10.2. The summed E-state index contributed by atoms with van der Waals surface area (Å²) in [4.78, 5) is 11.9. The van der Waals surface area contributed by atoms with E-state index in [1.54, 1.807) is 0 Å². The molecule has 1 aliphatic rings. The molecule has 0 aromatic heterocycles. The summed E-state index contributed by atoms with van der Waals surface area (Å²) in [6, 6.07) is 0. The molecular formula is C12H22O3. The van der Waals surface area contributed by atoms with Crippen LogP contribution in [0.1, 0.15) is 53.4 Å². The normalized spacial score (nSPS) is 32.5. The summed E-state index contributed by atoms with van der Waals surface area (Å²) in [6.45, 7) is 7.58. The van der Waals surface area contributed by atoms with Gasteiger partial charge < -0.3 is 9.84 Å². The first-order valence-electron chi connectivity index (χ1n) is 5.64. The lowest BCUT2D eigenvalue weighted by molar-refractivity contribution is -0.169. The molecule has 0 unspecified atom stereocenters. The van der Waals surface area contributed by atoms with Gasteiger partial charge in [-0.25, -0.2) is 0 Å². The highest BCUT2D eigenvalue weighted by Crippen LogP contribution is 2.37. The van der Waals surface area contributed by atoms with Crippen molar-refractivity contribution in [3.8, 4) is 0 Å². The molecule has 1 fully saturated rings. The first-order valence-corrected chi connectivity index (χ1v) is 5.64. The Labute approximate surface area is 91.8 Å². The molecular weight excluding hydrogens is 192 g/mol. The molecule has 0 atom stereocenters. The third-order valence-corrected chi connectivity index (χ3v) is 2.95. The Bertz CT molecular complexity index is 232. The number of hydrogen-bond acceptors (Lipinski definition) is 3. The number of esters is 1. The smallest absolute Gasteiger partial charge is 0.312 e. The molecule has 1 rings (SSSR count). The van der Waals surface area contributed by atoms with Crippen LogP contribution in [0.4, 0.5) is 0 Å². The molecule has 15 heavy (non-hydrogen) atoms. The molecule has 0 saturated heterocycles. The van der Waals surface area contributed by atoms with Crippen LogP contribution >= 0.6 is 0 Å². The molecule has 0 radical (unpaired) electrons. The van der Waals surface area contributed by atoms with Gasteiger partial charge in [-0.15, -0.1) is 0 Å². The van der Waals surface area contributed by atoms with E-state index in [2.05, 4.69) is 0 Å². The second-order valence-corrected chi connectivity index (χ2v) is 5.79. The average Bonchev–Trinajstić information content (AvgIpc) is 2.07. The van der Waals surface area contributed by atoms with Gasteiger partial charge in [0.05, 0.1) is 11.5 Å². The molecule has 1 aliphatic carbocycles. The Balaban J connectivity index is 2.58. The minimum Gasteiger partial charge on any atom is -0.460 e. The van der Waals surface area contributed by atoms with Crippen molar-refractivity contribution in [3.63, 3.8) is 0 Å². The van der Waals surface area contributed by atoms with Gasteiger partial charge in [-0.1, -0.05) is 0 Å². The van der Waals surface area contributed by atoms with Crippen molar-refractivity contribution in [1.82, 2.24) is 0 Å². The fraction of sp³-hybridized carbons (Fsp3) is 0.917. The number of rotatable bonds is 1. The summed E-state index contributed by atoms with van der Waals surface area (Å²) in [6.07, 6.45) is 2.62. The van der Waals surface area contributed by atoms with Crippen LogP contribution in [0.5, 0.6) is 0 Å². The minimum absolute atomic E-state index is 0.123. The average molecular weight is 214 g/mol. The molecule has 0 aromatic rings. The molecule has 0 amide bonds. The molecule has 3 heteroatoms. The maximum Gasteiger partial charge on any atom is 0.312 e. The van der Waals surface area contributed by atoms with Gasteiger partial charge in [0.15, 0.2) is 0 Å². The molecule has 3 nitrogen and oxygen atoms in total. The van der Waals surface area contributed by atoms with Gasteiger partial charge >= 0.3 is 5.97 Å². The van der Waals surface area contributed by atoms with Crippen LogP contribution in [-0.2, 0) is 9.53 Å². The van der Waals surface area contributed by atoms with E-state index in [1.165, 1.54) is 0 Å². The lowest BCUT2D eigenvalue weighted by Crippen LogP contribution is -2.39. The summed E-state index contributed by atoms with van der Waals surface area (Å²) in [7, 11) is 0. The molecule has 0 spiro atoms. The standard InChI is InChI=1S/C12H22O3/c1-11(2,3)15-10(14)12(4)7-5-9(13)6-8-12/h9,13H,5-8H2,1-4H3. The van der Waals surface area contributed by atoms with Gasteiger partial charge in [0.1, 0.15) is 5.60 Å². The first-order chi connectivity index (χ1) is 6.73. The Morgan fingerprint density at radius 3 is 2.20 bits per heavy atom. The van der Waals surface area contributed by atoms with E-state index in [0.717, 1.165) is 12.8 Å². The van der Waals surface area contributed by atoms with Crippen molar-refractivity contribution >= 4 is 5.97 Å². The maximum absolute atomic E-state index is 11.9. The van der Waals surface area contributed by atoms with Gasteiger partial charge in [0.2, 0.25) is 0 Å². The van der Waals surface area contributed by atoms with Crippen molar-refractivity contribution in [3.05, 3.63) is 0 Å². The molecule has 0 aromatic carbocycles. The van der Waals surface area contributed by atoms with Crippen LogP contribution in [0.25, 0.3) is 0 Å². The van der Waals surface area contributed by atoms with Crippen LogP contribution in [-0.4, -0.2) is 22.8 Å². The number of hydrogen-bond donors (Lipinski definition) is 1. The molecule has 1 N–H and O–H groups in total. The predicted octanol–water partition coefficient (Wildman–Crippen LogP) is 2.27. The minimum atomic E-state index is -0.420. The number of ether oxygens (including phenoxy) is 1. The number of aliphatic hydroxyl groups excluding tert-OH is 1. The molecule has 88 valence electrons. The second-order valence-electron chi connectivity index (χ2n) is 5.79. The van der Waals surface area contributed by atoms with Gasteiger partial charge in [-0.05, 0) is 53.4 Å². The highest BCUT2D eigenvalue weighted by molar-refractivity contribution is 5.76. The third kappa shape index (κ3) is 3.49. The summed E-state index contributed by atoms with van der Waals surface area (Å²) >= 11 is 0. The summed E-state index contributed by atoms with van der Waals surface area (Å²) in [5.41, 5.74) is -0.817. The van der Waals surface area contributed by atoms with E-state index in [9.17, 15) is 9.90 Å². The topological polar surface area (TPSA) is 46.5 Å². The highest BCUT2D eigenvalue weighted by atomic mass is 16.6. The van der Waals surface area contributed by atoms with Crippen molar-refractivity contribution < 1.29 is 14.6 Å². The predicted molar refractivity (Wildman–Crippen MR) is 58.4 cm³/mol. The lowest BCUT2D eigenvalue weighted by atomic mass is 9.74. The lowest BCUT2D eigenvalue weighted by Gasteiger charge is -2.35. The van der Waals surface area contributed by atoms with E-state index in [1.807, 2.05) is 27.7 Å². The molecule has 0 heterocycles. The highest BCUT2D eigenvalue weighted by Gasteiger charge is 2.39. The summed E-state index contributed by atoms with van der Waals surface area (Å²) in [5, 5.41) is 9.40. The number of carbonyl (C=O) groups excluding carboxylic acids is 1. The molecule has 0 aliphatic heterocycles. The van der Waals surface area contributed by atoms with E-state index in [4.69, 9.17) is 4.74 Å². The quantitative estimate of drug-likeness (QED) is 0.681. The van der Waals surface area contributed by atoms with Crippen molar-refractivity contribution in [2.45, 2.75) is 65.1 Å². The Morgan fingerprint density at radius 1 is 1.33 bits per heavy atom. The summed E-state index contributed by atoms with van der Waals surface area (Å²) < 4.78 is 5.39. The van der Waals surface area contributed by atoms with Crippen molar-refractivity contribution in [2.75, 3.05) is 0 Å². The summed E-state index contributed by atoms with van der Waals surface area (Å²) in [5.74, 6) is -0.123. The van der Waals surface area contributed by atoms with Crippen LogP contribution in [0.2, 0.25) is 0 Å². The van der Waals surface area contributed by atoms with Crippen molar-refractivity contribution in [1.29, 1.82) is 0 Å². The Hall–Kier alpha value is -0.570. The largest absolute Gasteiger partial charge is 0.460 e. The van der Waals surface area contributed by atoms with Gasteiger partial charge in [0.25, 0.3) is 0 Å².